The van der Waals surface area contributed by atoms with Gasteiger partial charge in [-0.3, -0.25) is 0 Å². The third kappa shape index (κ3) is 4.28. The second-order valence-electron chi connectivity index (χ2n) is 6.21. The van der Waals surface area contributed by atoms with Crippen LogP contribution in [0.2, 0.25) is 0 Å². The Bertz CT molecular complexity index is 648. The van der Waals surface area contributed by atoms with Crippen LogP contribution < -0.4 is 5.32 Å². The highest BCUT2D eigenvalue weighted by molar-refractivity contribution is 5.67. The number of aryl methyl sites for hydroxylation is 1. The first kappa shape index (κ1) is 16.4. The summed E-state index contributed by atoms with van der Waals surface area (Å²) in [6.07, 6.45) is 5.46. The molecule has 1 aliphatic rings. The van der Waals surface area contributed by atoms with E-state index in [4.69, 9.17) is 4.74 Å². The van der Waals surface area contributed by atoms with E-state index in [0.29, 0.717) is 12.5 Å². The van der Waals surface area contributed by atoms with E-state index in [0.717, 1.165) is 44.0 Å². The molecule has 0 unspecified atom stereocenters. The zero-order valence-corrected chi connectivity index (χ0v) is 14.0. The Labute approximate surface area is 142 Å². The zero-order valence-electron chi connectivity index (χ0n) is 14.0. The third-order valence-corrected chi connectivity index (χ3v) is 4.45. The topological polar surface area (TPSA) is 59.4 Å². The molecular formula is C18H24N4O2. The maximum atomic E-state index is 12.1. The molecule has 128 valence electrons. The van der Waals surface area contributed by atoms with Gasteiger partial charge in [0.05, 0.1) is 0 Å². The van der Waals surface area contributed by atoms with E-state index in [-0.39, 0.29) is 6.09 Å². The number of aromatic nitrogens is 2. The summed E-state index contributed by atoms with van der Waals surface area (Å²) in [6.45, 7) is 2.72. The molecule has 1 fully saturated rings. The number of hydrogen-bond acceptors (Lipinski definition) is 4. The average Bonchev–Trinajstić information content (AvgIpc) is 3.04. The molecule has 0 saturated carbocycles. The lowest BCUT2D eigenvalue weighted by molar-refractivity contribution is 0.0832. The molecule has 1 saturated heterocycles. The maximum absolute atomic E-state index is 12.1. The number of likely N-dealkylation sites (tertiary alicyclic amines) is 1. The lowest BCUT2D eigenvalue weighted by Gasteiger charge is -2.31. The Morgan fingerprint density at radius 3 is 2.71 bits per heavy atom. The first-order chi connectivity index (χ1) is 11.7. The fourth-order valence-corrected chi connectivity index (χ4v) is 2.90. The van der Waals surface area contributed by atoms with Gasteiger partial charge >= 0.3 is 6.09 Å². The van der Waals surface area contributed by atoms with Crippen LogP contribution in [0.3, 0.4) is 0 Å². The first-order valence-corrected chi connectivity index (χ1v) is 8.39. The van der Waals surface area contributed by atoms with Crippen molar-refractivity contribution in [2.45, 2.75) is 19.4 Å². The van der Waals surface area contributed by atoms with E-state index >= 15 is 0 Å². The predicted octanol–water partition coefficient (Wildman–Crippen LogP) is 2.88. The molecule has 1 aromatic carbocycles. The van der Waals surface area contributed by atoms with Crippen molar-refractivity contribution in [2.24, 2.45) is 13.0 Å². The number of nitrogens with zero attached hydrogens (tertiary/aromatic N) is 3. The summed E-state index contributed by atoms with van der Waals surface area (Å²) >= 11 is 0. The number of anilines is 1. The van der Waals surface area contributed by atoms with Crippen molar-refractivity contribution in [3.8, 4) is 0 Å². The molecule has 0 aliphatic carbocycles. The Morgan fingerprint density at radius 2 is 2.04 bits per heavy atom. The molecule has 1 aliphatic heterocycles. The number of amides is 1. The van der Waals surface area contributed by atoms with E-state index < -0.39 is 0 Å². The van der Waals surface area contributed by atoms with Crippen molar-refractivity contribution in [1.82, 2.24) is 14.5 Å². The summed E-state index contributed by atoms with van der Waals surface area (Å²) in [7, 11) is 1.97. The van der Waals surface area contributed by atoms with Crippen molar-refractivity contribution >= 4 is 12.0 Å². The second kappa shape index (κ2) is 7.86. The minimum Gasteiger partial charge on any atom is -0.445 e. The minimum atomic E-state index is -0.214. The van der Waals surface area contributed by atoms with Gasteiger partial charge in [0, 0.05) is 39.1 Å². The van der Waals surface area contributed by atoms with Gasteiger partial charge in [-0.15, -0.1) is 0 Å². The van der Waals surface area contributed by atoms with Gasteiger partial charge in [0.2, 0.25) is 5.95 Å². The molecule has 0 bridgehead atoms. The molecule has 1 amide bonds. The standard InChI is InChI=1S/C18H24N4O2/c1-21-12-9-19-17(21)20-13-15-7-10-22(11-8-15)18(23)24-14-16-5-3-2-4-6-16/h2-6,9,12,15H,7-8,10-11,13-14H2,1H3,(H,19,20). The molecule has 3 rings (SSSR count). The highest BCUT2D eigenvalue weighted by atomic mass is 16.6. The van der Waals surface area contributed by atoms with E-state index in [1.807, 2.05) is 48.1 Å². The lowest BCUT2D eigenvalue weighted by atomic mass is 9.97. The van der Waals surface area contributed by atoms with E-state index in [1.165, 1.54) is 0 Å². The van der Waals surface area contributed by atoms with Crippen molar-refractivity contribution < 1.29 is 9.53 Å². The summed E-state index contributed by atoms with van der Waals surface area (Å²) in [4.78, 5) is 18.2. The Morgan fingerprint density at radius 1 is 1.29 bits per heavy atom. The second-order valence-corrected chi connectivity index (χ2v) is 6.21. The number of carbonyl (C=O) groups is 1. The molecule has 6 nitrogen and oxygen atoms in total. The molecule has 24 heavy (non-hydrogen) atoms. The monoisotopic (exact) mass is 328 g/mol. The Balaban J connectivity index is 1.38. The van der Waals surface area contributed by atoms with E-state index in [9.17, 15) is 4.79 Å². The fraction of sp³-hybridized carbons (Fsp3) is 0.444. The molecular weight excluding hydrogens is 304 g/mol. The molecule has 0 radical (unpaired) electrons. The summed E-state index contributed by atoms with van der Waals surface area (Å²) in [5.74, 6) is 1.44. The summed E-state index contributed by atoms with van der Waals surface area (Å²) in [5, 5.41) is 3.37. The van der Waals surface area contributed by atoms with Gasteiger partial charge in [0.25, 0.3) is 0 Å². The first-order valence-electron chi connectivity index (χ1n) is 8.39. The number of ether oxygens (including phenoxy) is 1. The number of carbonyl (C=O) groups excluding carboxylic acids is 1. The smallest absolute Gasteiger partial charge is 0.410 e. The van der Waals surface area contributed by atoms with Gasteiger partial charge in [-0.2, -0.15) is 0 Å². The van der Waals surface area contributed by atoms with Crippen LogP contribution in [-0.4, -0.2) is 40.2 Å². The molecule has 1 N–H and O–H groups in total. The van der Waals surface area contributed by atoms with Gasteiger partial charge in [-0.25, -0.2) is 9.78 Å². The van der Waals surface area contributed by atoms with Crippen LogP contribution in [0.4, 0.5) is 10.7 Å². The zero-order chi connectivity index (χ0) is 16.8. The molecule has 6 heteroatoms. The van der Waals surface area contributed by atoms with Crippen LogP contribution in [0.5, 0.6) is 0 Å². The fourth-order valence-electron chi connectivity index (χ4n) is 2.90. The van der Waals surface area contributed by atoms with Gasteiger partial charge in [-0.05, 0) is 24.3 Å². The van der Waals surface area contributed by atoms with E-state index in [2.05, 4.69) is 10.3 Å². The van der Waals surface area contributed by atoms with E-state index in [1.54, 1.807) is 11.1 Å². The SMILES string of the molecule is Cn1ccnc1NCC1CCN(C(=O)OCc2ccccc2)CC1. The molecule has 2 aromatic rings. The van der Waals surface area contributed by atoms with Crippen molar-refractivity contribution in [2.75, 3.05) is 25.0 Å². The van der Waals surface area contributed by atoms with Crippen LogP contribution in [-0.2, 0) is 18.4 Å². The average molecular weight is 328 g/mol. The predicted molar refractivity (Wildman–Crippen MR) is 92.6 cm³/mol. The minimum absolute atomic E-state index is 0.214. The lowest BCUT2D eigenvalue weighted by Crippen LogP contribution is -2.40. The number of nitrogens with one attached hydrogen (secondary N) is 1. The normalized spacial score (nSPS) is 15.3. The summed E-state index contributed by atoms with van der Waals surface area (Å²) in [6, 6.07) is 9.77. The number of piperidine rings is 1. The number of rotatable bonds is 5. The summed E-state index contributed by atoms with van der Waals surface area (Å²) < 4.78 is 7.36. The Kier molecular flexibility index (Phi) is 5.36. The molecule has 2 heterocycles. The van der Waals surface area contributed by atoms with Crippen LogP contribution in [0.15, 0.2) is 42.7 Å². The summed E-state index contributed by atoms with van der Waals surface area (Å²) in [5.41, 5.74) is 1.01. The number of hydrogen-bond donors (Lipinski definition) is 1. The van der Waals surface area contributed by atoms with Crippen molar-refractivity contribution in [3.05, 3.63) is 48.3 Å². The van der Waals surface area contributed by atoms with Crippen LogP contribution in [0.25, 0.3) is 0 Å². The molecule has 1 aromatic heterocycles. The van der Waals surface area contributed by atoms with Crippen molar-refractivity contribution in [3.63, 3.8) is 0 Å². The molecule has 0 atom stereocenters. The Hall–Kier alpha value is -2.50. The molecule has 0 spiro atoms. The van der Waals surface area contributed by atoms with Gasteiger partial charge in [0.15, 0.2) is 0 Å². The van der Waals surface area contributed by atoms with Crippen LogP contribution in [0, 0.1) is 5.92 Å². The maximum Gasteiger partial charge on any atom is 0.410 e. The third-order valence-electron chi connectivity index (χ3n) is 4.45. The van der Waals surface area contributed by atoms with Crippen LogP contribution in [0.1, 0.15) is 18.4 Å². The number of benzene rings is 1. The number of imidazole rings is 1. The van der Waals surface area contributed by atoms with Crippen LogP contribution >= 0.6 is 0 Å². The van der Waals surface area contributed by atoms with Crippen molar-refractivity contribution in [1.29, 1.82) is 0 Å². The van der Waals surface area contributed by atoms with Gasteiger partial charge < -0.3 is 19.5 Å². The van der Waals surface area contributed by atoms with Gasteiger partial charge in [0.1, 0.15) is 6.61 Å². The van der Waals surface area contributed by atoms with Gasteiger partial charge in [-0.1, -0.05) is 30.3 Å². The highest BCUT2D eigenvalue weighted by Gasteiger charge is 2.23. The largest absolute Gasteiger partial charge is 0.445 e. The highest BCUT2D eigenvalue weighted by Crippen LogP contribution is 2.18. The quantitative estimate of drug-likeness (QED) is 0.917.